The number of nitrogens with one attached hydrogen (secondary N) is 3. The second-order valence-corrected chi connectivity index (χ2v) is 36.0. The average Bonchev–Trinajstić information content (AvgIpc) is 1.56. The van der Waals surface area contributed by atoms with Crippen molar-refractivity contribution in [3.05, 3.63) is 34.4 Å². The number of likely N-dealkylation sites (tertiary alicyclic amines) is 2. The lowest BCUT2D eigenvalue weighted by molar-refractivity contribution is -0.384. The third-order valence-corrected chi connectivity index (χ3v) is 26.5. The second kappa shape index (κ2) is 29.5. The molecule has 6 aliphatic carbocycles. The molecule has 21 heteroatoms. The number of hydrogen-bond donors (Lipinski definition) is 4. The maximum absolute atomic E-state index is 14.4. The Kier molecular flexibility index (Phi) is 24.7. The second-order valence-electron chi connectivity index (χ2n) is 32.4. The molecule has 0 bridgehead atoms. The quantitative estimate of drug-likeness (QED) is 0.0725. The van der Waals surface area contributed by atoms with Crippen molar-refractivity contribution in [1.29, 1.82) is 0 Å². The van der Waals surface area contributed by atoms with Crippen molar-refractivity contribution in [2.75, 3.05) is 38.8 Å². The molecule has 5 N–H and O–H groups in total. The van der Waals surface area contributed by atoms with E-state index in [0.717, 1.165) is 88.6 Å². The van der Waals surface area contributed by atoms with Crippen molar-refractivity contribution < 1.29 is 47.9 Å². The number of fused-ring (bicyclic) bond motifs is 2. The normalized spacial score (nSPS) is 32.1. The molecule has 8 aliphatic rings. The van der Waals surface area contributed by atoms with Gasteiger partial charge in [0.25, 0.3) is 5.69 Å². The standard InChI is InChI=1S/C32H55N3O4S.C25H33N3O7.C13H27NS.ClH/c1-20-14-13-15-21(2)32(20,19-40-29(3,4)5)34-28(38)33-25(31(8)16-11-10-12-17-31)26(36)35-18-22-23(30(22,6)7)24(35)27(37)39-9;1-24(2)17-14-27(19(18(17)24)22(30)34-4)21(29)20(25(3)12-6-5-7-13-25)26-23(31)35-16-10-8-15(9-11-16)28(32)33;1-10-7-6-8-11(2)13(10,14)9-15-12(3,4)5;/h20-25H,10-19H2,1-9H3,(H2,33,34,38);8-11,17-20H,5-7,12-14H2,1-4H3,(H,26,31);10-11H,6-9,14H2,1-5H3;1H/t20-,21+,22-,23-,24-,25+,32?;17-,18-,19-,20+;10-,11+,13?;/m00../s1. The van der Waals surface area contributed by atoms with Crippen molar-refractivity contribution >= 4 is 77.5 Å². The van der Waals surface area contributed by atoms with Crippen molar-refractivity contribution in [2.24, 2.45) is 74.7 Å². The molecule has 1 aromatic rings. The van der Waals surface area contributed by atoms with Crippen LogP contribution in [-0.2, 0) is 28.7 Å². The summed E-state index contributed by atoms with van der Waals surface area (Å²) in [4.78, 5) is 94.5. The summed E-state index contributed by atoms with van der Waals surface area (Å²) in [5, 5.41) is 20.4. The van der Waals surface area contributed by atoms with Crippen molar-refractivity contribution in [3.63, 3.8) is 0 Å². The van der Waals surface area contributed by atoms with E-state index in [1.165, 1.54) is 64.2 Å². The lowest BCUT2D eigenvalue weighted by Crippen LogP contribution is -2.66. The predicted molar refractivity (Wildman–Crippen MR) is 366 cm³/mol. The van der Waals surface area contributed by atoms with Crippen LogP contribution >= 0.6 is 35.9 Å². The van der Waals surface area contributed by atoms with Gasteiger partial charge in [-0.1, -0.05) is 162 Å². The number of benzene rings is 1. The number of rotatable bonds is 15. The molecule has 2 saturated heterocycles. The largest absolute Gasteiger partial charge is 0.467 e. The number of carbonyl (C=O) groups is 6. The summed E-state index contributed by atoms with van der Waals surface area (Å²) < 4.78 is 16.0. The molecule has 0 radical (unpaired) electrons. The maximum atomic E-state index is 14.4. The van der Waals surface area contributed by atoms with E-state index in [0.29, 0.717) is 41.5 Å². The van der Waals surface area contributed by atoms with Crippen LogP contribution in [0, 0.1) is 79.1 Å². The summed E-state index contributed by atoms with van der Waals surface area (Å²) >= 11 is 3.92. The summed E-state index contributed by atoms with van der Waals surface area (Å²) in [6.07, 6.45) is 16.0. The monoisotopic (exact) mass is 1330 g/mol. The van der Waals surface area contributed by atoms with Gasteiger partial charge in [-0.05, 0) is 121 Å². The molecule has 0 aromatic heterocycles. The minimum absolute atomic E-state index is 0. The number of nitro groups is 1. The highest BCUT2D eigenvalue weighted by Gasteiger charge is 2.72. The fourth-order valence-electron chi connectivity index (χ4n) is 16.8. The number of nitrogens with two attached hydrogens (primary N) is 1. The third kappa shape index (κ3) is 17.0. The first-order valence-electron chi connectivity index (χ1n) is 34.0. The Bertz CT molecular complexity index is 2700. The summed E-state index contributed by atoms with van der Waals surface area (Å²) in [6, 6.07) is 2.10. The van der Waals surface area contributed by atoms with Crippen LogP contribution in [0.15, 0.2) is 24.3 Å². The SMILES string of the molecule is COC(=O)[C@@H]1[C@@H]2[C@H](CN1C(=O)[C@@H](NC(=O)NC1(CSC(C)(C)C)[C@H](C)CCC[C@@H]1C)C1(C)CCCCC1)C2(C)C.COC(=O)[C@@H]1[C@@H]2[C@H](CN1C(=O)[C@@H](NC(=O)Oc1ccc([N+](=O)[O-])cc1)C1(C)CCCCC1)C2(C)C.C[C@@H]1CCC[C@H](C)C1(N)CSC(C)(C)C.Cl. The summed E-state index contributed by atoms with van der Waals surface area (Å²) in [6.45, 7) is 36.4. The van der Waals surface area contributed by atoms with Gasteiger partial charge in [0.1, 0.15) is 29.9 Å². The number of piperidine rings is 2. The topological polar surface area (TPSA) is 242 Å². The predicted octanol–water partition coefficient (Wildman–Crippen LogP) is 13.8. The molecule has 516 valence electrons. The maximum Gasteiger partial charge on any atom is 0.413 e. The number of ether oxygens (including phenoxy) is 3. The van der Waals surface area contributed by atoms with Gasteiger partial charge in [0.15, 0.2) is 0 Å². The van der Waals surface area contributed by atoms with Crippen LogP contribution in [0.4, 0.5) is 15.3 Å². The minimum Gasteiger partial charge on any atom is -0.467 e. The molecular formula is C70H116ClN7O11S2. The zero-order chi connectivity index (χ0) is 66.9. The van der Waals surface area contributed by atoms with Crippen LogP contribution < -0.4 is 26.4 Å². The number of urea groups is 1. The molecule has 8 fully saturated rings. The summed E-state index contributed by atoms with van der Waals surface area (Å²) in [5.41, 5.74) is 5.38. The number of halogens is 1. The van der Waals surface area contributed by atoms with Gasteiger partial charge in [0.2, 0.25) is 11.8 Å². The zero-order valence-corrected chi connectivity index (χ0v) is 61.0. The minimum atomic E-state index is -0.874. The first kappa shape index (κ1) is 76.0. The number of esters is 2. The first-order valence-corrected chi connectivity index (χ1v) is 35.9. The molecule has 5 amide bonds. The Labute approximate surface area is 560 Å². The van der Waals surface area contributed by atoms with Gasteiger partial charge >= 0.3 is 24.1 Å². The number of non-ortho nitro benzene ring substituents is 1. The van der Waals surface area contributed by atoms with E-state index in [9.17, 15) is 38.9 Å². The summed E-state index contributed by atoms with van der Waals surface area (Å²) in [7, 11) is 2.73. The lowest BCUT2D eigenvalue weighted by atomic mass is 9.68. The van der Waals surface area contributed by atoms with E-state index >= 15 is 0 Å². The molecule has 91 heavy (non-hydrogen) atoms. The number of carbonyl (C=O) groups excluding carboxylic acids is 6. The molecule has 2 heterocycles. The van der Waals surface area contributed by atoms with Gasteiger partial charge in [0, 0.05) is 63.6 Å². The molecule has 2 unspecified atom stereocenters. The van der Waals surface area contributed by atoms with Crippen LogP contribution in [0.3, 0.4) is 0 Å². The highest BCUT2D eigenvalue weighted by atomic mass is 35.5. The highest BCUT2D eigenvalue weighted by molar-refractivity contribution is 8.00. The molecule has 18 nitrogen and oxygen atoms in total. The van der Waals surface area contributed by atoms with Crippen LogP contribution in [0.5, 0.6) is 5.75 Å². The first-order chi connectivity index (χ1) is 41.8. The van der Waals surface area contributed by atoms with Crippen LogP contribution in [-0.4, -0.2) is 134 Å². The smallest absolute Gasteiger partial charge is 0.413 e. The highest BCUT2D eigenvalue weighted by Crippen LogP contribution is 2.66. The van der Waals surface area contributed by atoms with E-state index in [-0.39, 0.29) is 103 Å². The molecular weight excluding hydrogens is 1210 g/mol. The fourth-order valence-corrected chi connectivity index (χ4v) is 19.3. The number of methoxy groups -OCH3 is 2. The van der Waals surface area contributed by atoms with E-state index in [1.54, 1.807) is 9.80 Å². The van der Waals surface area contributed by atoms with Gasteiger partial charge in [-0.25, -0.2) is 19.2 Å². The zero-order valence-electron chi connectivity index (χ0n) is 58.5. The Morgan fingerprint density at radius 3 is 1.38 bits per heavy atom. The third-order valence-electron chi connectivity index (χ3n) is 23.5. The number of nitrogens with zero attached hydrogens (tertiary/aromatic N) is 3. The molecule has 6 saturated carbocycles. The number of hydrogen-bond acceptors (Lipinski definition) is 14. The molecule has 1 aromatic carbocycles. The van der Waals surface area contributed by atoms with Gasteiger partial charge in [0.05, 0.1) is 24.7 Å². The van der Waals surface area contributed by atoms with Crippen molar-refractivity contribution in [1.82, 2.24) is 25.8 Å². The Morgan fingerprint density at radius 1 is 0.615 bits per heavy atom. The number of thioether (sulfide) groups is 2. The van der Waals surface area contributed by atoms with Gasteiger partial charge in [-0.15, -0.1) is 12.4 Å². The van der Waals surface area contributed by atoms with Crippen molar-refractivity contribution in [2.45, 2.75) is 258 Å². The molecule has 14 atom stereocenters. The Hall–Kier alpha value is -4.01. The van der Waals surface area contributed by atoms with E-state index in [4.69, 9.17) is 19.9 Å². The van der Waals surface area contributed by atoms with E-state index in [2.05, 4.69) is 120 Å². The number of amides is 5. The number of nitro benzene ring substituents is 1. The van der Waals surface area contributed by atoms with E-state index in [1.807, 2.05) is 30.4 Å². The molecule has 9 rings (SSSR count). The summed E-state index contributed by atoms with van der Waals surface area (Å²) in [5.74, 6) is 3.56. The Balaban J connectivity index is 0.000000236. The van der Waals surface area contributed by atoms with Crippen molar-refractivity contribution in [3.8, 4) is 5.75 Å². The molecule has 2 aliphatic heterocycles. The van der Waals surface area contributed by atoms with Gasteiger partial charge in [-0.2, -0.15) is 23.5 Å². The van der Waals surface area contributed by atoms with Gasteiger partial charge < -0.3 is 45.7 Å². The van der Waals surface area contributed by atoms with Crippen LogP contribution in [0.2, 0.25) is 0 Å². The molecule has 0 spiro atoms. The van der Waals surface area contributed by atoms with Crippen LogP contribution in [0.25, 0.3) is 0 Å². The lowest BCUT2D eigenvalue weighted by Gasteiger charge is -2.49. The van der Waals surface area contributed by atoms with Gasteiger partial charge in [-0.3, -0.25) is 19.7 Å². The fraction of sp³-hybridized carbons (Fsp3) is 0.829. The van der Waals surface area contributed by atoms with Crippen LogP contribution in [0.1, 0.15) is 214 Å². The Morgan fingerprint density at radius 2 is 1.00 bits per heavy atom. The van der Waals surface area contributed by atoms with E-state index < -0.39 is 46.6 Å². The average molecular weight is 1330 g/mol.